The minimum absolute atomic E-state index is 0.164. The molecular weight excluding hydrogens is 151 g/mol. The molecule has 0 fully saturated rings. The zero-order chi connectivity index (χ0) is 9.19. The Labute approximate surface area is 72.7 Å². The molecule has 12 heavy (non-hydrogen) atoms. The van der Waals surface area contributed by atoms with Gasteiger partial charge in [-0.25, -0.2) is 4.39 Å². The fraction of sp³-hybridized carbons (Fsp3) is 0.273. The lowest BCUT2D eigenvalue weighted by atomic mass is 9.85. The van der Waals surface area contributed by atoms with Crippen molar-refractivity contribution in [3.63, 3.8) is 0 Å². The average Bonchev–Trinajstić information content (AvgIpc) is 2.05. The number of hydrogen-bond acceptors (Lipinski definition) is 0. The molecule has 1 heteroatoms. The smallest absolute Gasteiger partial charge is 0.127 e. The van der Waals surface area contributed by atoms with Crippen molar-refractivity contribution in [2.75, 3.05) is 0 Å². The first kappa shape index (κ1) is 8.98. The van der Waals surface area contributed by atoms with E-state index in [1.54, 1.807) is 18.2 Å². The molecule has 0 bridgehead atoms. The third-order valence-electron chi connectivity index (χ3n) is 2.08. The summed E-state index contributed by atoms with van der Waals surface area (Å²) in [5.41, 5.74) is 0.408. The van der Waals surface area contributed by atoms with E-state index in [0.29, 0.717) is 5.56 Å². The van der Waals surface area contributed by atoms with Crippen LogP contribution in [0.4, 0.5) is 4.39 Å². The maximum Gasteiger partial charge on any atom is 0.127 e. The van der Waals surface area contributed by atoms with Crippen molar-refractivity contribution in [3.05, 3.63) is 48.3 Å². The van der Waals surface area contributed by atoms with E-state index >= 15 is 0 Å². The minimum Gasteiger partial charge on any atom is -0.207 e. The van der Waals surface area contributed by atoms with Crippen LogP contribution in [-0.2, 0) is 5.41 Å². The topological polar surface area (TPSA) is 0 Å². The fourth-order valence-electron chi connectivity index (χ4n) is 1.09. The third kappa shape index (κ3) is 1.55. The first-order valence-electron chi connectivity index (χ1n) is 3.96. The number of allylic oxidation sites excluding steroid dienone is 1. The lowest BCUT2D eigenvalue weighted by Gasteiger charge is -2.20. The zero-order valence-electron chi connectivity index (χ0n) is 7.47. The molecule has 64 valence electrons. The van der Waals surface area contributed by atoms with E-state index in [9.17, 15) is 4.39 Å². The first-order chi connectivity index (χ1) is 5.58. The molecular formula is C11H13F. The van der Waals surface area contributed by atoms with Crippen LogP contribution < -0.4 is 0 Å². The van der Waals surface area contributed by atoms with Crippen LogP contribution in [-0.4, -0.2) is 0 Å². The molecule has 0 aliphatic carbocycles. The number of rotatable bonds is 2. The van der Waals surface area contributed by atoms with Crippen molar-refractivity contribution < 1.29 is 4.39 Å². The van der Waals surface area contributed by atoms with Crippen LogP contribution in [0.5, 0.6) is 0 Å². The highest BCUT2D eigenvalue weighted by Crippen LogP contribution is 2.25. The van der Waals surface area contributed by atoms with Gasteiger partial charge >= 0.3 is 0 Å². The molecule has 0 heterocycles. The zero-order valence-corrected chi connectivity index (χ0v) is 7.47. The van der Waals surface area contributed by atoms with Crippen LogP contribution in [0.3, 0.4) is 0 Å². The lowest BCUT2D eigenvalue weighted by Crippen LogP contribution is -2.14. The molecule has 0 saturated heterocycles. The SMILES string of the molecule is C=CC(C)(C)c1ccccc1F. The van der Waals surface area contributed by atoms with Crippen molar-refractivity contribution >= 4 is 0 Å². The highest BCUT2D eigenvalue weighted by molar-refractivity contribution is 5.29. The number of benzene rings is 1. The summed E-state index contributed by atoms with van der Waals surface area (Å²) < 4.78 is 13.2. The lowest BCUT2D eigenvalue weighted by molar-refractivity contribution is 0.559. The van der Waals surface area contributed by atoms with E-state index in [1.807, 2.05) is 19.9 Å². The standard InChI is InChI=1S/C11H13F/c1-4-11(2,3)9-7-5-6-8-10(9)12/h4-8H,1H2,2-3H3. The highest BCUT2D eigenvalue weighted by atomic mass is 19.1. The molecule has 0 aromatic heterocycles. The molecule has 0 aliphatic rings. The Morgan fingerprint density at radius 1 is 1.33 bits per heavy atom. The number of hydrogen-bond donors (Lipinski definition) is 0. The van der Waals surface area contributed by atoms with Gasteiger partial charge in [-0.3, -0.25) is 0 Å². The van der Waals surface area contributed by atoms with Gasteiger partial charge in [-0.2, -0.15) is 0 Å². The Morgan fingerprint density at radius 3 is 2.42 bits per heavy atom. The van der Waals surface area contributed by atoms with E-state index in [4.69, 9.17) is 0 Å². The first-order valence-corrected chi connectivity index (χ1v) is 3.96. The van der Waals surface area contributed by atoms with E-state index in [0.717, 1.165) is 0 Å². The summed E-state index contributed by atoms with van der Waals surface area (Å²) >= 11 is 0. The van der Waals surface area contributed by atoms with Gasteiger partial charge in [-0.15, -0.1) is 6.58 Å². The molecule has 1 rings (SSSR count). The van der Waals surface area contributed by atoms with Gasteiger partial charge in [0.25, 0.3) is 0 Å². The van der Waals surface area contributed by atoms with Gasteiger partial charge in [0.15, 0.2) is 0 Å². The van der Waals surface area contributed by atoms with Gasteiger partial charge in [0.2, 0.25) is 0 Å². The second-order valence-electron chi connectivity index (χ2n) is 3.41. The van der Waals surface area contributed by atoms with Crippen LogP contribution in [0, 0.1) is 5.82 Å². The van der Waals surface area contributed by atoms with Crippen molar-refractivity contribution in [1.82, 2.24) is 0 Å². The molecule has 1 aromatic rings. The second kappa shape index (κ2) is 3.10. The maximum atomic E-state index is 13.2. The summed E-state index contributed by atoms with van der Waals surface area (Å²) in [5.74, 6) is -0.164. The molecule has 1 aromatic carbocycles. The summed E-state index contributed by atoms with van der Waals surface area (Å²) in [4.78, 5) is 0. The van der Waals surface area contributed by atoms with E-state index < -0.39 is 0 Å². The fourth-order valence-corrected chi connectivity index (χ4v) is 1.09. The van der Waals surface area contributed by atoms with Gasteiger partial charge in [-0.05, 0) is 11.6 Å². The third-order valence-corrected chi connectivity index (χ3v) is 2.08. The molecule has 0 saturated carbocycles. The van der Waals surface area contributed by atoms with Crippen LogP contribution in [0.2, 0.25) is 0 Å². The minimum atomic E-state index is -0.286. The summed E-state index contributed by atoms with van der Waals surface area (Å²) in [6.07, 6.45) is 1.76. The summed E-state index contributed by atoms with van der Waals surface area (Å²) in [6, 6.07) is 6.79. The largest absolute Gasteiger partial charge is 0.207 e. The average molecular weight is 164 g/mol. The van der Waals surface area contributed by atoms with E-state index in [2.05, 4.69) is 6.58 Å². The van der Waals surface area contributed by atoms with E-state index in [-0.39, 0.29) is 11.2 Å². The predicted molar refractivity (Wildman–Crippen MR) is 49.6 cm³/mol. The van der Waals surface area contributed by atoms with Gasteiger partial charge in [0.05, 0.1) is 0 Å². The van der Waals surface area contributed by atoms with Crippen molar-refractivity contribution in [1.29, 1.82) is 0 Å². The van der Waals surface area contributed by atoms with Crippen molar-refractivity contribution in [3.8, 4) is 0 Å². The Balaban J connectivity index is 3.19. The normalized spacial score (nSPS) is 11.2. The van der Waals surface area contributed by atoms with Gasteiger partial charge < -0.3 is 0 Å². The van der Waals surface area contributed by atoms with Crippen LogP contribution in [0.15, 0.2) is 36.9 Å². The summed E-state index contributed by atoms with van der Waals surface area (Å²) in [6.45, 7) is 7.57. The molecule has 0 N–H and O–H groups in total. The summed E-state index contributed by atoms with van der Waals surface area (Å²) in [7, 11) is 0. The van der Waals surface area contributed by atoms with Crippen LogP contribution in [0.1, 0.15) is 19.4 Å². The highest BCUT2D eigenvalue weighted by Gasteiger charge is 2.19. The maximum absolute atomic E-state index is 13.2. The Bertz CT molecular complexity index is 287. The van der Waals surface area contributed by atoms with Crippen molar-refractivity contribution in [2.24, 2.45) is 0 Å². The quantitative estimate of drug-likeness (QED) is 0.588. The summed E-state index contributed by atoms with van der Waals surface area (Å²) in [5, 5.41) is 0. The van der Waals surface area contributed by atoms with Crippen LogP contribution >= 0.6 is 0 Å². The Hall–Kier alpha value is -1.11. The van der Waals surface area contributed by atoms with E-state index in [1.165, 1.54) is 6.07 Å². The van der Waals surface area contributed by atoms with Crippen LogP contribution in [0.25, 0.3) is 0 Å². The monoisotopic (exact) mass is 164 g/mol. The number of halogens is 1. The van der Waals surface area contributed by atoms with Gasteiger partial charge in [0, 0.05) is 5.41 Å². The van der Waals surface area contributed by atoms with Gasteiger partial charge in [-0.1, -0.05) is 38.1 Å². The molecule has 0 radical (unpaired) electrons. The molecule has 0 nitrogen and oxygen atoms in total. The molecule has 0 aliphatic heterocycles. The molecule has 0 unspecified atom stereocenters. The van der Waals surface area contributed by atoms with Gasteiger partial charge in [0.1, 0.15) is 5.82 Å². The second-order valence-corrected chi connectivity index (χ2v) is 3.41. The van der Waals surface area contributed by atoms with Crippen molar-refractivity contribution in [2.45, 2.75) is 19.3 Å². The Kier molecular flexibility index (Phi) is 2.32. The Morgan fingerprint density at radius 2 is 1.92 bits per heavy atom. The molecule has 0 amide bonds. The predicted octanol–water partition coefficient (Wildman–Crippen LogP) is 3.29. The molecule has 0 spiro atoms. The molecule has 0 atom stereocenters.